The number of aryl methyl sites for hydroxylation is 1. The zero-order valence-electron chi connectivity index (χ0n) is 12.1. The summed E-state index contributed by atoms with van der Waals surface area (Å²) in [6.07, 6.45) is 1.06. The number of hydrogen-bond donors (Lipinski definition) is 0. The van der Waals surface area contributed by atoms with Crippen LogP contribution in [0.5, 0.6) is 0 Å². The van der Waals surface area contributed by atoms with E-state index in [1.165, 1.54) is 11.1 Å². The molecule has 3 heteroatoms. The molecule has 0 saturated heterocycles. The van der Waals surface area contributed by atoms with Crippen LogP contribution in [-0.2, 0) is 6.54 Å². The van der Waals surface area contributed by atoms with E-state index in [0.29, 0.717) is 11.8 Å². The third kappa shape index (κ3) is 2.26. The molecule has 0 N–H and O–H groups in total. The van der Waals surface area contributed by atoms with Gasteiger partial charge in [0.2, 0.25) is 0 Å². The van der Waals surface area contributed by atoms with Crippen LogP contribution in [0, 0.1) is 0 Å². The van der Waals surface area contributed by atoms with E-state index in [4.69, 9.17) is 0 Å². The lowest BCUT2D eigenvalue weighted by Crippen LogP contribution is -2.00. The van der Waals surface area contributed by atoms with Gasteiger partial charge in [0.1, 0.15) is 11.0 Å². The Bertz CT molecular complexity index is 493. The molecule has 0 amide bonds. The average Bonchev–Trinajstić information content (AvgIpc) is 2.70. The molecule has 2 aromatic rings. The molecule has 0 unspecified atom stereocenters. The molecule has 0 saturated carbocycles. The Hall–Kier alpha value is -1.38. The summed E-state index contributed by atoms with van der Waals surface area (Å²) in [7, 11) is 0. The second-order valence-electron chi connectivity index (χ2n) is 5.55. The molecule has 0 radical (unpaired) electrons. The highest BCUT2D eigenvalue weighted by Gasteiger charge is 2.15. The van der Waals surface area contributed by atoms with Gasteiger partial charge in [-0.05, 0) is 29.4 Å². The molecule has 0 aliphatic heterocycles. The van der Waals surface area contributed by atoms with E-state index < -0.39 is 0 Å². The molecule has 0 fully saturated rings. The zero-order valence-corrected chi connectivity index (χ0v) is 12.1. The number of aromatic nitrogens is 3. The Kier molecular flexibility index (Phi) is 3.69. The van der Waals surface area contributed by atoms with Crippen LogP contribution in [0.2, 0.25) is 0 Å². The smallest absolute Gasteiger partial charge is 0.116 e. The van der Waals surface area contributed by atoms with Gasteiger partial charge in [0.05, 0.1) is 6.54 Å². The van der Waals surface area contributed by atoms with Gasteiger partial charge < -0.3 is 0 Å². The minimum Gasteiger partial charge on any atom is -0.184 e. The van der Waals surface area contributed by atoms with E-state index in [2.05, 4.69) is 56.9 Å². The van der Waals surface area contributed by atoms with Gasteiger partial charge in [0.15, 0.2) is 0 Å². The largest absolute Gasteiger partial charge is 0.184 e. The van der Waals surface area contributed by atoms with Crippen molar-refractivity contribution >= 4 is 11.0 Å². The minimum absolute atomic E-state index is 0.487. The van der Waals surface area contributed by atoms with Crippen molar-refractivity contribution in [2.24, 2.45) is 0 Å². The van der Waals surface area contributed by atoms with Crippen LogP contribution in [0.25, 0.3) is 11.0 Å². The Balaban J connectivity index is 2.66. The van der Waals surface area contributed by atoms with Gasteiger partial charge in [-0.25, -0.2) is 0 Å². The summed E-state index contributed by atoms with van der Waals surface area (Å²) in [5.74, 6) is 0.973. The summed E-state index contributed by atoms with van der Waals surface area (Å²) in [5, 5.41) is 9.34. The zero-order chi connectivity index (χ0) is 13.3. The second kappa shape index (κ2) is 5.09. The summed E-state index contributed by atoms with van der Waals surface area (Å²) in [6.45, 7) is 11.9. The van der Waals surface area contributed by atoms with Crippen LogP contribution >= 0.6 is 0 Å². The molecule has 1 aromatic heterocycles. The predicted octanol–water partition coefficient (Wildman–Crippen LogP) is 4.09. The molecular weight excluding hydrogens is 222 g/mol. The van der Waals surface area contributed by atoms with Crippen LogP contribution in [0.1, 0.15) is 64.0 Å². The van der Waals surface area contributed by atoms with Gasteiger partial charge in [-0.2, -0.15) is 15.0 Å². The van der Waals surface area contributed by atoms with Gasteiger partial charge in [-0.1, -0.05) is 46.8 Å². The molecule has 98 valence electrons. The predicted molar refractivity (Wildman–Crippen MR) is 76.0 cm³/mol. The van der Waals surface area contributed by atoms with Gasteiger partial charge in [-0.15, -0.1) is 0 Å². The Labute approximate surface area is 109 Å². The quantitative estimate of drug-likeness (QED) is 0.812. The van der Waals surface area contributed by atoms with Crippen LogP contribution in [-0.4, -0.2) is 15.0 Å². The van der Waals surface area contributed by atoms with E-state index >= 15 is 0 Å². The molecule has 0 aliphatic carbocycles. The molecule has 0 bridgehead atoms. The van der Waals surface area contributed by atoms with Crippen molar-refractivity contribution in [1.29, 1.82) is 0 Å². The van der Waals surface area contributed by atoms with Crippen molar-refractivity contribution < 1.29 is 0 Å². The lowest BCUT2D eigenvalue weighted by molar-refractivity contribution is 0.534. The molecular formula is C15H23N3. The third-order valence-electron chi connectivity index (χ3n) is 3.31. The average molecular weight is 245 g/mol. The van der Waals surface area contributed by atoms with Crippen molar-refractivity contribution in [3.8, 4) is 0 Å². The fourth-order valence-electron chi connectivity index (χ4n) is 2.31. The molecule has 0 spiro atoms. The normalized spacial score (nSPS) is 11.9. The first kappa shape index (κ1) is 13.1. The van der Waals surface area contributed by atoms with Gasteiger partial charge in [0, 0.05) is 0 Å². The standard InChI is InChI=1S/C15H23N3/c1-6-9-18-16-14-12(10(2)3)7-8-13(11(4)5)15(14)17-18/h7-8,10-11H,6,9H2,1-5H3. The lowest BCUT2D eigenvalue weighted by atomic mass is 9.95. The molecule has 1 heterocycles. The van der Waals surface area contributed by atoms with E-state index in [1.807, 2.05) is 4.80 Å². The number of nitrogens with zero attached hydrogens (tertiary/aromatic N) is 3. The first-order valence-corrected chi connectivity index (χ1v) is 6.92. The van der Waals surface area contributed by atoms with Crippen molar-refractivity contribution in [1.82, 2.24) is 15.0 Å². The highest BCUT2D eigenvalue weighted by atomic mass is 15.5. The molecule has 3 nitrogen and oxygen atoms in total. The van der Waals surface area contributed by atoms with Crippen molar-refractivity contribution in [3.63, 3.8) is 0 Å². The summed E-state index contributed by atoms with van der Waals surface area (Å²) in [5.41, 5.74) is 4.78. The highest BCUT2D eigenvalue weighted by molar-refractivity contribution is 5.82. The van der Waals surface area contributed by atoms with Crippen molar-refractivity contribution in [2.75, 3.05) is 0 Å². The third-order valence-corrected chi connectivity index (χ3v) is 3.31. The number of hydrogen-bond acceptors (Lipinski definition) is 2. The van der Waals surface area contributed by atoms with E-state index in [0.717, 1.165) is 24.0 Å². The monoisotopic (exact) mass is 245 g/mol. The second-order valence-corrected chi connectivity index (χ2v) is 5.55. The van der Waals surface area contributed by atoms with Crippen LogP contribution in [0.3, 0.4) is 0 Å². The van der Waals surface area contributed by atoms with Gasteiger partial charge >= 0.3 is 0 Å². The maximum atomic E-state index is 4.67. The molecule has 0 aliphatic rings. The highest BCUT2D eigenvalue weighted by Crippen LogP contribution is 2.29. The number of fused-ring (bicyclic) bond motifs is 1. The Morgan fingerprint density at radius 3 is 1.72 bits per heavy atom. The molecule has 0 atom stereocenters. The van der Waals surface area contributed by atoms with E-state index in [9.17, 15) is 0 Å². The summed E-state index contributed by atoms with van der Waals surface area (Å²) in [6, 6.07) is 4.43. The molecule has 18 heavy (non-hydrogen) atoms. The lowest BCUT2D eigenvalue weighted by Gasteiger charge is -2.10. The topological polar surface area (TPSA) is 30.7 Å². The van der Waals surface area contributed by atoms with Crippen LogP contribution < -0.4 is 0 Å². The fraction of sp³-hybridized carbons (Fsp3) is 0.600. The van der Waals surface area contributed by atoms with Crippen LogP contribution in [0.15, 0.2) is 12.1 Å². The Morgan fingerprint density at radius 2 is 1.39 bits per heavy atom. The molecule has 2 rings (SSSR count). The van der Waals surface area contributed by atoms with Gasteiger partial charge in [0.25, 0.3) is 0 Å². The van der Waals surface area contributed by atoms with Gasteiger partial charge in [-0.3, -0.25) is 0 Å². The fourth-order valence-corrected chi connectivity index (χ4v) is 2.31. The summed E-state index contributed by atoms with van der Waals surface area (Å²) in [4.78, 5) is 1.85. The minimum atomic E-state index is 0.487. The number of benzene rings is 1. The Morgan fingerprint density at radius 1 is 0.944 bits per heavy atom. The summed E-state index contributed by atoms with van der Waals surface area (Å²) >= 11 is 0. The first-order valence-electron chi connectivity index (χ1n) is 6.92. The van der Waals surface area contributed by atoms with E-state index in [1.54, 1.807) is 0 Å². The van der Waals surface area contributed by atoms with E-state index in [-0.39, 0.29) is 0 Å². The van der Waals surface area contributed by atoms with Crippen molar-refractivity contribution in [2.45, 2.75) is 59.4 Å². The first-order chi connectivity index (χ1) is 8.54. The van der Waals surface area contributed by atoms with Crippen LogP contribution in [0.4, 0.5) is 0 Å². The maximum Gasteiger partial charge on any atom is 0.116 e. The number of rotatable bonds is 4. The SMILES string of the molecule is CCCn1nc2c(C(C)C)ccc(C(C)C)c2n1. The summed E-state index contributed by atoms with van der Waals surface area (Å²) < 4.78 is 0. The molecule has 1 aromatic carbocycles. The van der Waals surface area contributed by atoms with Crippen molar-refractivity contribution in [3.05, 3.63) is 23.3 Å². The maximum absolute atomic E-state index is 4.67.